The molecule has 0 spiro atoms. The van der Waals surface area contributed by atoms with Crippen LogP contribution in [0, 0.1) is 0 Å². The summed E-state index contributed by atoms with van der Waals surface area (Å²) in [6.07, 6.45) is -2.77. The minimum absolute atomic E-state index is 0.0304. The highest BCUT2D eigenvalue weighted by molar-refractivity contribution is 7.92. The first kappa shape index (κ1) is 32.4. The molecule has 2 rings (SSSR count). The zero-order valence-corrected chi connectivity index (χ0v) is 24.0. The van der Waals surface area contributed by atoms with Crippen molar-refractivity contribution in [3.8, 4) is 0 Å². The van der Waals surface area contributed by atoms with Gasteiger partial charge in [-0.05, 0) is 62.1 Å². The van der Waals surface area contributed by atoms with Crippen LogP contribution >= 0.6 is 11.6 Å². The number of nitrogens with one attached hydrogen (secondary N) is 1. The molecule has 12 heteroatoms. The first-order valence-electron chi connectivity index (χ1n) is 12.7. The molecule has 0 aliphatic carbocycles. The summed E-state index contributed by atoms with van der Waals surface area (Å²) in [5.41, 5.74) is -0.363. The van der Waals surface area contributed by atoms with Crippen LogP contribution in [-0.4, -0.2) is 50.0 Å². The van der Waals surface area contributed by atoms with Gasteiger partial charge in [-0.25, -0.2) is 8.42 Å². The summed E-state index contributed by atoms with van der Waals surface area (Å²) in [5, 5.41) is 3.43. The van der Waals surface area contributed by atoms with Gasteiger partial charge in [-0.2, -0.15) is 13.2 Å². The second kappa shape index (κ2) is 14.0. The Hall–Kier alpha value is -2.79. The number of hydrogen-bond acceptors (Lipinski definition) is 4. The summed E-state index contributed by atoms with van der Waals surface area (Å²) in [5.74, 6) is -0.676. The van der Waals surface area contributed by atoms with E-state index >= 15 is 0 Å². The molecule has 7 nitrogen and oxygen atoms in total. The molecule has 2 aromatic rings. The van der Waals surface area contributed by atoms with Crippen molar-refractivity contribution >= 4 is 39.1 Å². The molecule has 0 heterocycles. The lowest BCUT2D eigenvalue weighted by atomic mass is 10.1. The summed E-state index contributed by atoms with van der Waals surface area (Å²) in [7, 11) is -3.94. The van der Waals surface area contributed by atoms with Crippen molar-refractivity contribution < 1.29 is 31.2 Å². The number of nitrogens with zero attached hydrogens (tertiary/aromatic N) is 2. The summed E-state index contributed by atoms with van der Waals surface area (Å²) >= 11 is 5.98. The van der Waals surface area contributed by atoms with Gasteiger partial charge < -0.3 is 10.2 Å². The number of sulfonamides is 1. The van der Waals surface area contributed by atoms with Crippen LogP contribution in [0.4, 0.5) is 18.9 Å². The minimum Gasteiger partial charge on any atom is -0.352 e. The van der Waals surface area contributed by atoms with Gasteiger partial charge in [-0.1, -0.05) is 43.6 Å². The molecule has 0 aliphatic heterocycles. The van der Waals surface area contributed by atoms with Gasteiger partial charge in [0.05, 0.1) is 17.5 Å². The van der Waals surface area contributed by atoms with Crippen molar-refractivity contribution in [2.24, 2.45) is 0 Å². The Morgan fingerprint density at radius 2 is 1.69 bits per heavy atom. The van der Waals surface area contributed by atoms with Gasteiger partial charge in [0.25, 0.3) is 0 Å². The van der Waals surface area contributed by atoms with Crippen LogP contribution in [-0.2, 0) is 32.3 Å². The van der Waals surface area contributed by atoms with Crippen LogP contribution < -0.4 is 9.62 Å². The van der Waals surface area contributed by atoms with Crippen LogP contribution in [0.25, 0.3) is 0 Å². The first-order chi connectivity index (χ1) is 18.2. The third-order valence-corrected chi connectivity index (χ3v) is 7.71. The second-order valence-electron chi connectivity index (χ2n) is 9.38. The predicted molar refractivity (Wildman–Crippen MR) is 147 cm³/mol. The average molecular weight is 590 g/mol. The third-order valence-electron chi connectivity index (χ3n) is 6.27. The van der Waals surface area contributed by atoms with E-state index in [1.54, 1.807) is 31.2 Å². The zero-order chi connectivity index (χ0) is 29.4. The molecule has 39 heavy (non-hydrogen) atoms. The normalized spacial score (nSPS) is 13.4. The number of anilines is 1. The Morgan fingerprint density at radius 3 is 2.23 bits per heavy atom. The Bertz CT molecular complexity index is 1220. The molecule has 0 aromatic heterocycles. The highest BCUT2D eigenvalue weighted by Crippen LogP contribution is 2.32. The average Bonchev–Trinajstić information content (AvgIpc) is 2.86. The zero-order valence-electron chi connectivity index (χ0n) is 22.5. The topological polar surface area (TPSA) is 86.8 Å². The molecule has 0 bridgehead atoms. The standard InChI is InChI=1S/C27H35ClF3N3O4S/c1-5-19(3)32-26(36)24(6-2)33(18-20-12-14-22(28)15-13-20)25(35)11-8-16-34(39(4,37)38)23-10-7-9-21(17-23)27(29,30)31/h7,9-10,12-15,17,19,24H,5-6,8,11,16,18H2,1-4H3,(H,32,36)/t19-,24+/m0/s1. The maximum absolute atomic E-state index is 13.4. The van der Waals surface area contributed by atoms with Gasteiger partial charge in [0.1, 0.15) is 6.04 Å². The van der Waals surface area contributed by atoms with Crippen molar-refractivity contribution in [2.75, 3.05) is 17.1 Å². The fourth-order valence-corrected chi connectivity index (χ4v) is 5.07. The largest absolute Gasteiger partial charge is 0.416 e. The molecule has 0 fully saturated rings. The quantitative estimate of drug-likeness (QED) is 0.328. The maximum atomic E-state index is 13.4. The summed E-state index contributed by atoms with van der Waals surface area (Å²) < 4.78 is 65.3. The lowest BCUT2D eigenvalue weighted by Crippen LogP contribution is -2.50. The number of carbonyl (C=O) groups excluding carboxylic acids is 2. The number of benzene rings is 2. The summed E-state index contributed by atoms with van der Waals surface area (Å²) in [4.78, 5) is 27.9. The van der Waals surface area contributed by atoms with Crippen molar-refractivity contribution in [1.29, 1.82) is 0 Å². The van der Waals surface area contributed by atoms with E-state index in [4.69, 9.17) is 11.6 Å². The van der Waals surface area contributed by atoms with E-state index in [1.165, 1.54) is 11.0 Å². The molecule has 2 amide bonds. The van der Waals surface area contributed by atoms with Gasteiger partial charge >= 0.3 is 6.18 Å². The molecule has 216 valence electrons. The van der Waals surface area contributed by atoms with Crippen molar-refractivity contribution in [3.05, 3.63) is 64.7 Å². The lowest BCUT2D eigenvalue weighted by molar-refractivity contribution is -0.141. The van der Waals surface area contributed by atoms with Gasteiger partial charge in [0.2, 0.25) is 21.8 Å². The van der Waals surface area contributed by atoms with E-state index in [-0.39, 0.29) is 49.5 Å². The Labute approximate surface area is 233 Å². The van der Waals surface area contributed by atoms with Crippen LogP contribution in [0.15, 0.2) is 48.5 Å². The second-order valence-corrected chi connectivity index (χ2v) is 11.7. The van der Waals surface area contributed by atoms with E-state index in [9.17, 15) is 31.2 Å². The van der Waals surface area contributed by atoms with Crippen LogP contribution in [0.2, 0.25) is 5.02 Å². The number of amides is 2. The molecule has 2 atom stereocenters. The SMILES string of the molecule is CC[C@H](C(=O)N[C@@H](C)CC)N(Cc1ccc(Cl)cc1)C(=O)CCCN(c1cccc(C(F)(F)F)c1)S(C)(=O)=O. The number of rotatable bonds is 13. The van der Waals surface area contributed by atoms with Crippen LogP contribution in [0.5, 0.6) is 0 Å². The van der Waals surface area contributed by atoms with E-state index in [0.29, 0.717) is 17.9 Å². The Kier molecular flexibility index (Phi) is 11.7. The molecule has 0 aliphatic rings. The third kappa shape index (κ3) is 9.72. The molecule has 0 saturated heterocycles. The molecule has 1 N–H and O–H groups in total. The molecule has 2 aromatic carbocycles. The Morgan fingerprint density at radius 1 is 1.05 bits per heavy atom. The fraction of sp³-hybridized carbons (Fsp3) is 0.481. The van der Waals surface area contributed by atoms with Gasteiger partial charge in [0, 0.05) is 30.6 Å². The first-order valence-corrected chi connectivity index (χ1v) is 14.9. The molecular formula is C27H35ClF3N3O4S. The number of alkyl halides is 3. The van der Waals surface area contributed by atoms with Crippen LogP contribution in [0.1, 0.15) is 57.6 Å². The minimum atomic E-state index is -4.64. The maximum Gasteiger partial charge on any atom is 0.416 e. The predicted octanol–water partition coefficient (Wildman–Crippen LogP) is 5.63. The fourth-order valence-electron chi connectivity index (χ4n) is 3.99. The highest BCUT2D eigenvalue weighted by atomic mass is 35.5. The molecule has 0 saturated carbocycles. The van der Waals surface area contributed by atoms with E-state index < -0.39 is 27.8 Å². The van der Waals surface area contributed by atoms with Gasteiger partial charge in [0.15, 0.2) is 0 Å². The van der Waals surface area contributed by atoms with Crippen molar-refractivity contribution in [1.82, 2.24) is 10.2 Å². The molecule has 0 unspecified atom stereocenters. The van der Waals surface area contributed by atoms with Crippen molar-refractivity contribution in [3.63, 3.8) is 0 Å². The number of halogens is 4. The number of carbonyl (C=O) groups is 2. The molecule has 0 radical (unpaired) electrons. The van der Waals surface area contributed by atoms with E-state index in [0.717, 1.165) is 34.3 Å². The smallest absolute Gasteiger partial charge is 0.352 e. The van der Waals surface area contributed by atoms with Gasteiger partial charge in [-0.3, -0.25) is 13.9 Å². The monoisotopic (exact) mass is 589 g/mol. The lowest BCUT2D eigenvalue weighted by Gasteiger charge is -2.32. The van der Waals surface area contributed by atoms with Crippen LogP contribution in [0.3, 0.4) is 0 Å². The molecular weight excluding hydrogens is 555 g/mol. The van der Waals surface area contributed by atoms with E-state index in [2.05, 4.69) is 5.32 Å². The van der Waals surface area contributed by atoms with E-state index in [1.807, 2.05) is 13.8 Å². The summed E-state index contributed by atoms with van der Waals surface area (Å²) in [6, 6.07) is 10.0. The number of hydrogen-bond donors (Lipinski definition) is 1. The highest BCUT2D eigenvalue weighted by Gasteiger charge is 2.32. The van der Waals surface area contributed by atoms with Gasteiger partial charge in [-0.15, -0.1) is 0 Å². The summed E-state index contributed by atoms with van der Waals surface area (Å²) in [6.45, 7) is 5.51. The van der Waals surface area contributed by atoms with Crippen molar-refractivity contribution in [2.45, 2.75) is 71.3 Å². The Balaban J connectivity index is 2.26.